The van der Waals surface area contributed by atoms with Gasteiger partial charge < -0.3 is 16.4 Å². The van der Waals surface area contributed by atoms with Gasteiger partial charge in [-0.3, -0.25) is 0 Å². The highest BCUT2D eigenvalue weighted by atomic mass is 15.1. The van der Waals surface area contributed by atoms with E-state index in [-0.39, 0.29) is 0 Å². The van der Waals surface area contributed by atoms with Gasteiger partial charge >= 0.3 is 0 Å². The molecule has 1 aliphatic carbocycles. The van der Waals surface area contributed by atoms with E-state index in [1.165, 1.54) is 31.2 Å². The molecule has 3 rings (SSSR count). The van der Waals surface area contributed by atoms with Crippen LogP contribution < -0.4 is 16.4 Å². The number of nitrogen functional groups attached to an aromatic ring is 1. The van der Waals surface area contributed by atoms with Crippen LogP contribution in [0.5, 0.6) is 0 Å². The number of hydrogen-bond acceptors (Lipinski definition) is 5. The van der Waals surface area contributed by atoms with E-state index in [0.717, 1.165) is 43.5 Å². The standard InChI is InChI=1S/C13H21N5/c14-13-17-11-5-6-15-8-10(11)12(18-13)16-7-9-3-1-2-4-9/h9,15H,1-8H2,(H3,14,16,17,18). The molecule has 0 radical (unpaired) electrons. The SMILES string of the molecule is Nc1nc2c(c(NCC3CCCC3)n1)CNCC2. The molecule has 0 spiro atoms. The molecule has 0 bridgehead atoms. The van der Waals surface area contributed by atoms with Crippen LogP contribution >= 0.6 is 0 Å². The molecule has 0 amide bonds. The Hall–Kier alpha value is -1.36. The van der Waals surface area contributed by atoms with Gasteiger partial charge in [-0.05, 0) is 18.8 Å². The monoisotopic (exact) mass is 247 g/mol. The fourth-order valence-corrected chi connectivity index (χ4v) is 2.96. The lowest BCUT2D eigenvalue weighted by molar-refractivity contribution is 0.575. The fourth-order valence-electron chi connectivity index (χ4n) is 2.96. The maximum atomic E-state index is 5.78. The van der Waals surface area contributed by atoms with Gasteiger partial charge in [-0.15, -0.1) is 0 Å². The zero-order valence-corrected chi connectivity index (χ0v) is 10.7. The third kappa shape index (κ3) is 2.41. The van der Waals surface area contributed by atoms with E-state index in [2.05, 4.69) is 20.6 Å². The summed E-state index contributed by atoms with van der Waals surface area (Å²) in [6.07, 6.45) is 6.37. The number of anilines is 2. The maximum absolute atomic E-state index is 5.78. The Morgan fingerprint density at radius 1 is 1.28 bits per heavy atom. The van der Waals surface area contributed by atoms with Crippen molar-refractivity contribution in [2.45, 2.75) is 38.6 Å². The first-order valence-corrected chi connectivity index (χ1v) is 6.93. The van der Waals surface area contributed by atoms with Crippen molar-refractivity contribution in [2.24, 2.45) is 5.92 Å². The zero-order valence-electron chi connectivity index (χ0n) is 10.7. The summed E-state index contributed by atoms with van der Waals surface area (Å²) in [5.41, 5.74) is 8.09. The second-order valence-electron chi connectivity index (χ2n) is 5.31. The van der Waals surface area contributed by atoms with Crippen LogP contribution in [0.2, 0.25) is 0 Å². The van der Waals surface area contributed by atoms with Crippen molar-refractivity contribution >= 4 is 11.8 Å². The Morgan fingerprint density at radius 2 is 2.11 bits per heavy atom. The first kappa shape index (κ1) is 11.7. The van der Waals surface area contributed by atoms with Gasteiger partial charge in [0.05, 0.1) is 5.69 Å². The largest absolute Gasteiger partial charge is 0.369 e. The summed E-state index contributed by atoms with van der Waals surface area (Å²) in [5, 5.41) is 6.85. The minimum Gasteiger partial charge on any atom is -0.369 e. The van der Waals surface area contributed by atoms with Crippen molar-refractivity contribution in [3.8, 4) is 0 Å². The zero-order chi connectivity index (χ0) is 12.4. The van der Waals surface area contributed by atoms with Gasteiger partial charge in [0, 0.05) is 31.6 Å². The maximum Gasteiger partial charge on any atom is 0.222 e. The van der Waals surface area contributed by atoms with Gasteiger partial charge in [0.25, 0.3) is 0 Å². The molecule has 1 aromatic heterocycles. The molecule has 5 nitrogen and oxygen atoms in total. The second-order valence-corrected chi connectivity index (χ2v) is 5.31. The fraction of sp³-hybridized carbons (Fsp3) is 0.692. The molecule has 0 atom stereocenters. The Morgan fingerprint density at radius 3 is 2.94 bits per heavy atom. The highest BCUT2D eigenvalue weighted by molar-refractivity contribution is 5.50. The minimum atomic E-state index is 0.393. The first-order chi connectivity index (χ1) is 8.83. The predicted molar refractivity (Wildman–Crippen MR) is 72.3 cm³/mol. The van der Waals surface area contributed by atoms with Crippen LogP contribution in [0.25, 0.3) is 0 Å². The quantitative estimate of drug-likeness (QED) is 0.750. The number of nitrogens with two attached hydrogens (primary N) is 1. The van der Waals surface area contributed by atoms with Crippen LogP contribution in [0.15, 0.2) is 0 Å². The molecule has 2 aliphatic rings. The molecule has 2 heterocycles. The Balaban J connectivity index is 1.75. The van der Waals surface area contributed by atoms with Crippen molar-refractivity contribution in [1.82, 2.24) is 15.3 Å². The van der Waals surface area contributed by atoms with Crippen molar-refractivity contribution in [3.63, 3.8) is 0 Å². The van der Waals surface area contributed by atoms with Crippen molar-refractivity contribution in [1.29, 1.82) is 0 Å². The number of fused-ring (bicyclic) bond motifs is 1. The molecule has 0 unspecified atom stereocenters. The second kappa shape index (κ2) is 5.10. The van der Waals surface area contributed by atoms with E-state index >= 15 is 0 Å². The Labute approximate surface area is 108 Å². The van der Waals surface area contributed by atoms with E-state index in [9.17, 15) is 0 Å². The molecule has 5 heteroatoms. The number of hydrogen-bond donors (Lipinski definition) is 3. The summed E-state index contributed by atoms with van der Waals surface area (Å²) in [6.45, 7) is 2.84. The van der Waals surface area contributed by atoms with Gasteiger partial charge in [0.15, 0.2) is 0 Å². The average molecular weight is 247 g/mol. The van der Waals surface area contributed by atoms with E-state index in [0.29, 0.717) is 5.95 Å². The van der Waals surface area contributed by atoms with E-state index in [1.807, 2.05) is 0 Å². The van der Waals surface area contributed by atoms with Gasteiger partial charge in [0.1, 0.15) is 5.82 Å². The van der Waals surface area contributed by atoms with Crippen LogP contribution in [0.3, 0.4) is 0 Å². The molecule has 0 aromatic carbocycles. The summed E-state index contributed by atoms with van der Waals surface area (Å²) < 4.78 is 0. The highest BCUT2D eigenvalue weighted by Crippen LogP contribution is 2.26. The molecule has 4 N–H and O–H groups in total. The van der Waals surface area contributed by atoms with Crippen LogP contribution in [0, 0.1) is 5.92 Å². The van der Waals surface area contributed by atoms with E-state index in [1.54, 1.807) is 0 Å². The van der Waals surface area contributed by atoms with Gasteiger partial charge in [-0.2, -0.15) is 4.98 Å². The molecule has 98 valence electrons. The van der Waals surface area contributed by atoms with Crippen molar-refractivity contribution in [3.05, 3.63) is 11.3 Å². The topological polar surface area (TPSA) is 75.9 Å². The lowest BCUT2D eigenvalue weighted by atomic mass is 10.1. The minimum absolute atomic E-state index is 0.393. The van der Waals surface area contributed by atoms with Crippen LogP contribution in [0.1, 0.15) is 36.9 Å². The van der Waals surface area contributed by atoms with Crippen LogP contribution in [-0.2, 0) is 13.0 Å². The van der Waals surface area contributed by atoms with Crippen LogP contribution in [-0.4, -0.2) is 23.1 Å². The molecule has 1 fully saturated rings. The molecule has 1 aromatic rings. The van der Waals surface area contributed by atoms with Crippen molar-refractivity contribution < 1.29 is 0 Å². The molecule has 1 aliphatic heterocycles. The lowest BCUT2D eigenvalue weighted by Gasteiger charge is -2.21. The predicted octanol–water partition coefficient (Wildman–Crippen LogP) is 1.31. The number of nitrogens with one attached hydrogen (secondary N) is 2. The number of nitrogens with zero attached hydrogens (tertiary/aromatic N) is 2. The summed E-state index contributed by atoms with van der Waals surface area (Å²) in [6, 6.07) is 0. The molecular formula is C13H21N5. The van der Waals surface area contributed by atoms with Gasteiger partial charge in [-0.1, -0.05) is 12.8 Å². The molecule has 0 saturated heterocycles. The lowest BCUT2D eigenvalue weighted by Crippen LogP contribution is -2.27. The Kier molecular flexibility index (Phi) is 3.32. The summed E-state index contributed by atoms with van der Waals surface area (Å²) in [7, 11) is 0. The normalized spacial score (nSPS) is 19.8. The van der Waals surface area contributed by atoms with Gasteiger partial charge in [-0.25, -0.2) is 4.98 Å². The number of aromatic nitrogens is 2. The molecule has 1 saturated carbocycles. The van der Waals surface area contributed by atoms with E-state index in [4.69, 9.17) is 5.73 Å². The third-order valence-electron chi connectivity index (χ3n) is 3.98. The van der Waals surface area contributed by atoms with Crippen LogP contribution in [0.4, 0.5) is 11.8 Å². The van der Waals surface area contributed by atoms with E-state index < -0.39 is 0 Å². The van der Waals surface area contributed by atoms with Crippen molar-refractivity contribution in [2.75, 3.05) is 24.1 Å². The summed E-state index contributed by atoms with van der Waals surface area (Å²) in [5.74, 6) is 2.13. The molecular weight excluding hydrogens is 226 g/mol. The first-order valence-electron chi connectivity index (χ1n) is 6.93. The highest BCUT2D eigenvalue weighted by Gasteiger charge is 2.19. The number of rotatable bonds is 3. The average Bonchev–Trinajstić information content (AvgIpc) is 2.89. The Bertz CT molecular complexity index is 426. The third-order valence-corrected chi connectivity index (χ3v) is 3.98. The summed E-state index contributed by atoms with van der Waals surface area (Å²) >= 11 is 0. The smallest absolute Gasteiger partial charge is 0.222 e. The molecule has 18 heavy (non-hydrogen) atoms. The summed E-state index contributed by atoms with van der Waals surface area (Å²) in [4.78, 5) is 8.70. The van der Waals surface area contributed by atoms with Gasteiger partial charge in [0.2, 0.25) is 5.95 Å².